The van der Waals surface area contributed by atoms with Crippen molar-refractivity contribution in [1.82, 2.24) is 15.0 Å². The highest BCUT2D eigenvalue weighted by atomic mass is 79.9. The maximum absolute atomic E-state index is 10.8. The van der Waals surface area contributed by atoms with Crippen molar-refractivity contribution in [2.24, 2.45) is 0 Å². The molecule has 0 saturated heterocycles. The Balaban J connectivity index is 0.00000109. The summed E-state index contributed by atoms with van der Waals surface area (Å²) in [5.74, 6) is 0.719. The average Bonchev–Trinajstić information content (AvgIpc) is 3.14. The lowest BCUT2D eigenvalue weighted by Crippen LogP contribution is -1.95. The lowest BCUT2D eigenvalue weighted by molar-refractivity contribution is 0.112. The van der Waals surface area contributed by atoms with Gasteiger partial charge in [-0.15, -0.1) is 0 Å². The highest BCUT2D eigenvalue weighted by Gasteiger charge is 2.11. The van der Waals surface area contributed by atoms with E-state index in [0.29, 0.717) is 5.56 Å². The molecule has 0 aliphatic carbocycles. The van der Waals surface area contributed by atoms with Crippen molar-refractivity contribution < 1.29 is 9.90 Å². The van der Waals surface area contributed by atoms with Crippen molar-refractivity contribution in [2.75, 3.05) is 12.4 Å². The molecule has 0 bridgehead atoms. The summed E-state index contributed by atoms with van der Waals surface area (Å²) in [6.45, 7) is 0. The minimum Gasteiger partial charge on any atom is -0.400 e. The van der Waals surface area contributed by atoms with Crippen LogP contribution in [0.25, 0.3) is 10.3 Å². The van der Waals surface area contributed by atoms with E-state index in [1.165, 1.54) is 11.3 Å². The van der Waals surface area contributed by atoms with Gasteiger partial charge in [0.25, 0.3) is 0 Å². The Morgan fingerprint density at radius 3 is 2.68 bits per heavy atom. The molecule has 0 aliphatic heterocycles. The molecule has 2 N–H and O–H groups in total. The smallest absolute Gasteiger partial charge is 0.190 e. The van der Waals surface area contributed by atoms with Gasteiger partial charge in [-0.1, -0.05) is 35.2 Å². The van der Waals surface area contributed by atoms with E-state index in [-0.39, 0.29) is 0 Å². The van der Waals surface area contributed by atoms with Gasteiger partial charge >= 0.3 is 0 Å². The van der Waals surface area contributed by atoms with Crippen molar-refractivity contribution in [1.29, 1.82) is 0 Å². The predicted molar refractivity (Wildman–Crippen MR) is 117 cm³/mol. The minimum atomic E-state index is 0.655. The van der Waals surface area contributed by atoms with Gasteiger partial charge in [-0.05, 0) is 46.3 Å². The Bertz CT molecular complexity index is 1050. The molecule has 6 nitrogen and oxygen atoms in total. The third-order valence-electron chi connectivity index (χ3n) is 3.46. The highest BCUT2D eigenvalue weighted by Crippen LogP contribution is 2.36. The third kappa shape index (κ3) is 4.93. The number of aromatic nitrogens is 3. The second-order valence-electron chi connectivity index (χ2n) is 5.26. The summed E-state index contributed by atoms with van der Waals surface area (Å²) in [4.78, 5) is 27.0. The van der Waals surface area contributed by atoms with Crippen LogP contribution in [0.3, 0.4) is 0 Å². The maximum atomic E-state index is 10.8. The first kappa shape index (κ1) is 20.4. The molecule has 4 aromatic rings. The van der Waals surface area contributed by atoms with Gasteiger partial charge in [-0.3, -0.25) is 4.79 Å². The number of carbonyl (C=O) groups excluding carboxylic acids is 1. The predicted octanol–water partition coefficient (Wildman–Crippen LogP) is 5.16. The van der Waals surface area contributed by atoms with Crippen LogP contribution in [0.1, 0.15) is 10.4 Å². The van der Waals surface area contributed by atoms with Crippen molar-refractivity contribution in [3.63, 3.8) is 0 Å². The van der Waals surface area contributed by atoms with Gasteiger partial charge in [-0.2, -0.15) is 0 Å². The number of hydrogen-bond donors (Lipinski definition) is 2. The molecule has 28 heavy (non-hydrogen) atoms. The molecular weight excluding hydrogens is 460 g/mol. The number of rotatable bonds is 5. The zero-order valence-electron chi connectivity index (χ0n) is 14.7. The zero-order valence-corrected chi connectivity index (χ0v) is 17.9. The van der Waals surface area contributed by atoms with Gasteiger partial charge in [0.1, 0.15) is 22.5 Å². The van der Waals surface area contributed by atoms with Gasteiger partial charge in [-0.25, -0.2) is 15.0 Å². The largest absolute Gasteiger partial charge is 0.400 e. The standard InChI is InChI=1S/C18H11BrN4OS2.CH4O/c19-12-8-15(25-13-5-3-11(10-24)4-6-13)16(21-9-12)23-18-22-14-2-1-7-20-17(14)26-18;1-2/h1-10H,(H,21,22,23);2H,1H3. The van der Waals surface area contributed by atoms with E-state index in [0.717, 1.165) is 49.0 Å². The molecular formula is C19H15BrN4O2S2. The number of aldehydes is 1. The second-order valence-corrected chi connectivity index (χ2v) is 8.27. The van der Waals surface area contributed by atoms with Crippen molar-refractivity contribution in [3.8, 4) is 0 Å². The molecule has 3 aromatic heterocycles. The van der Waals surface area contributed by atoms with Crippen LogP contribution in [0.5, 0.6) is 0 Å². The summed E-state index contributed by atoms with van der Waals surface area (Å²) in [5, 5.41) is 11.0. The molecule has 142 valence electrons. The van der Waals surface area contributed by atoms with E-state index in [4.69, 9.17) is 5.11 Å². The molecule has 3 heterocycles. The average molecular weight is 475 g/mol. The lowest BCUT2D eigenvalue weighted by atomic mass is 10.2. The maximum Gasteiger partial charge on any atom is 0.190 e. The second kappa shape index (κ2) is 9.74. The molecule has 0 radical (unpaired) electrons. The summed E-state index contributed by atoms with van der Waals surface area (Å²) >= 11 is 6.52. The van der Waals surface area contributed by atoms with E-state index in [1.54, 1.807) is 36.3 Å². The number of benzene rings is 1. The Labute approximate surface area is 178 Å². The monoisotopic (exact) mass is 474 g/mol. The number of nitrogens with one attached hydrogen (secondary N) is 1. The number of carbonyl (C=O) groups is 1. The summed E-state index contributed by atoms with van der Waals surface area (Å²) in [7, 11) is 1.00. The van der Waals surface area contributed by atoms with Gasteiger partial charge in [0.05, 0.1) is 4.90 Å². The number of nitrogens with zero attached hydrogens (tertiary/aromatic N) is 3. The molecule has 0 fully saturated rings. The molecule has 0 atom stereocenters. The van der Waals surface area contributed by atoms with E-state index in [2.05, 4.69) is 36.2 Å². The number of pyridine rings is 2. The first-order valence-corrected chi connectivity index (χ1v) is 10.5. The number of anilines is 2. The van der Waals surface area contributed by atoms with Gasteiger partial charge < -0.3 is 10.4 Å². The number of aliphatic hydroxyl groups excluding tert-OH is 1. The lowest BCUT2D eigenvalue weighted by Gasteiger charge is -2.09. The van der Waals surface area contributed by atoms with E-state index in [1.807, 2.05) is 30.3 Å². The van der Waals surface area contributed by atoms with Gasteiger partial charge in [0.2, 0.25) is 0 Å². The first-order valence-electron chi connectivity index (χ1n) is 8.03. The van der Waals surface area contributed by atoms with Crippen LogP contribution in [0.4, 0.5) is 10.9 Å². The molecule has 0 unspecified atom stereocenters. The zero-order chi connectivity index (χ0) is 19.9. The fourth-order valence-electron chi connectivity index (χ4n) is 2.26. The van der Waals surface area contributed by atoms with Crippen LogP contribution >= 0.6 is 39.0 Å². The molecule has 9 heteroatoms. The SMILES string of the molecule is CO.O=Cc1ccc(Sc2cc(Br)cnc2Nc2nc3cccnc3s2)cc1. The van der Waals surface area contributed by atoms with E-state index >= 15 is 0 Å². The normalized spacial score (nSPS) is 10.2. The molecule has 4 rings (SSSR count). The Morgan fingerprint density at radius 2 is 1.96 bits per heavy atom. The number of halogens is 1. The van der Waals surface area contributed by atoms with Crippen LogP contribution in [0, 0.1) is 0 Å². The highest BCUT2D eigenvalue weighted by molar-refractivity contribution is 9.10. The van der Waals surface area contributed by atoms with Crippen molar-refractivity contribution >= 4 is 66.6 Å². The Kier molecular flexibility index (Phi) is 7.10. The van der Waals surface area contributed by atoms with Gasteiger partial charge in [0.15, 0.2) is 5.13 Å². The van der Waals surface area contributed by atoms with Crippen LogP contribution in [0.2, 0.25) is 0 Å². The summed E-state index contributed by atoms with van der Waals surface area (Å²) < 4.78 is 0.890. The van der Waals surface area contributed by atoms with E-state index in [9.17, 15) is 4.79 Å². The molecule has 0 saturated carbocycles. The Morgan fingerprint density at radius 1 is 1.18 bits per heavy atom. The number of thiazole rings is 1. The fourth-order valence-corrected chi connectivity index (χ4v) is 4.46. The van der Waals surface area contributed by atoms with Crippen LogP contribution in [0.15, 0.2) is 69.1 Å². The van der Waals surface area contributed by atoms with Gasteiger partial charge in [0, 0.05) is 34.4 Å². The van der Waals surface area contributed by atoms with Crippen molar-refractivity contribution in [2.45, 2.75) is 9.79 Å². The molecule has 1 aromatic carbocycles. The number of hydrogen-bond acceptors (Lipinski definition) is 8. The molecule has 0 amide bonds. The quantitative estimate of drug-likeness (QED) is 0.385. The van der Waals surface area contributed by atoms with Crippen LogP contribution in [-0.2, 0) is 0 Å². The molecule has 0 aliphatic rings. The summed E-state index contributed by atoms with van der Waals surface area (Å²) in [5.41, 5.74) is 1.51. The van der Waals surface area contributed by atoms with Crippen molar-refractivity contribution in [3.05, 3.63) is 64.9 Å². The minimum absolute atomic E-state index is 0.655. The molecule has 0 spiro atoms. The van der Waals surface area contributed by atoms with E-state index < -0.39 is 0 Å². The fraction of sp³-hybridized carbons (Fsp3) is 0.0526. The topological polar surface area (TPSA) is 88.0 Å². The Hall–Kier alpha value is -2.33. The number of fused-ring (bicyclic) bond motifs is 1. The summed E-state index contributed by atoms with van der Waals surface area (Å²) in [6.07, 6.45) is 4.34. The summed E-state index contributed by atoms with van der Waals surface area (Å²) in [6, 6.07) is 13.2. The van der Waals surface area contributed by atoms with Crippen LogP contribution < -0.4 is 5.32 Å². The first-order chi connectivity index (χ1) is 13.7. The third-order valence-corrected chi connectivity index (χ3v) is 5.82. The number of aliphatic hydroxyl groups is 1. The van der Waals surface area contributed by atoms with Crippen LogP contribution in [-0.4, -0.2) is 33.5 Å².